The lowest BCUT2D eigenvalue weighted by molar-refractivity contribution is 0.129. The third-order valence-electron chi connectivity index (χ3n) is 4.21. The maximum Gasteiger partial charge on any atom is 0.263 e. The van der Waals surface area contributed by atoms with E-state index in [0.29, 0.717) is 17.7 Å². The fourth-order valence-electron chi connectivity index (χ4n) is 3.06. The first-order valence-corrected chi connectivity index (χ1v) is 9.00. The Morgan fingerprint density at radius 3 is 3.04 bits per heavy atom. The van der Waals surface area contributed by atoms with E-state index in [1.165, 1.54) is 0 Å². The largest absolute Gasteiger partial charge is 0.377 e. The van der Waals surface area contributed by atoms with E-state index in [0.717, 1.165) is 35.9 Å². The van der Waals surface area contributed by atoms with Crippen LogP contribution in [0.4, 0.5) is 0 Å². The van der Waals surface area contributed by atoms with Crippen LogP contribution in [0.25, 0.3) is 16.7 Å². The molecule has 3 heterocycles. The topological polar surface area (TPSA) is 61.4 Å². The van der Waals surface area contributed by atoms with Crippen molar-refractivity contribution in [2.45, 2.75) is 30.6 Å². The molecule has 0 aliphatic carbocycles. The van der Waals surface area contributed by atoms with E-state index in [1.807, 2.05) is 28.7 Å². The van der Waals surface area contributed by atoms with Crippen molar-refractivity contribution in [3.63, 3.8) is 0 Å². The molecule has 1 aromatic carbocycles. The maximum absolute atomic E-state index is 12.7. The quantitative estimate of drug-likeness (QED) is 0.527. The number of thioether (sulfide) groups is 1. The van der Waals surface area contributed by atoms with Crippen LogP contribution in [0.1, 0.15) is 12.8 Å². The van der Waals surface area contributed by atoms with E-state index >= 15 is 0 Å². The number of aromatic nitrogens is 4. The molecule has 6 nitrogen and oxygen atoms in total. The number of hydrogen-bond acceptors (Lipinski definition) is 5. The van der Waals surface area contributed by atoms with E-state index < -0.39 is 0 Å². The molecule has 24 heavy (non-hydrogen) atoms. The molecule has 1 saturated heterocycles. The molecule has 1 unspecified atom stereocenters. The first-order valence-electron chi connectivity index (χ1n) is 8.01. The van der Waals surface area contributed by atoms with E-state index in [-0.39, 0.29) is 11.7 Å². The number of rotatable bonds is 5. The fourth-order valence-corrected chi connectivity index (χ4v) is 4.07. The molecule has 1 aliphatic rings. The van der Waals surface area contributed by atoms with Gasteiger partial charge in [0.1, 0.15) is 0 Å². The number of nitrogens with zero attached hydrogens (tertiary/aromatic N) is 4. The number of fused-ring (bicyclic) bond motifs is 3. The second kappa shape index (κ2) is 6.41. The van der Waals surface area contributed by atoms with Gasteiger partial charge in [0.25, 0.3) is 5.56 Å². The average Bonchev–Trinajstić information content (AvgIpc) is 3.26. The van der Waals surface area contributed by atoms with Gasteiger partial charge in [-0.05, 0) is 25.0 Å². The van der Waals surface area contributed by atoms with Crippen LogP contribution in [-0.2, 0) is 11.3 Å². The molecule has 0 radical (unpaired) electrons. The number of hydrogen-bond donors (Lipinski definition) is 0. The van der Waals surface area contributed by atoms with Crippen LogP contribution in [0, 0.1) is 0 Å². The number of allylic oxidation sites excluding steroid dienone is 1. The standard InChI is InChI=1S/C17H18N4O2S/c1-2-9-20-15(22)13-7-3-4-8-14(13)21-16(20)18-19-17(21)24-11-12-6-5-10-23-12/h2-4,7-8,12H,1,5-6,9-11H2. The van der Waals surface area contributed by atoms with Gasteiger partial charge in [0.15, 0.2) is 5.16 Å². The Kier molecular flexibility index (Phi) is 4.12. The summed E-state index contributed by atoms with van der Waals surface area (Å²) in [5.41, 5.74) is 0.763. The van der Waals surface area contributed by atoms with Crippen LogP contribution in [-0.4, -0.2) is 37.6 Å². The Morgan fingerprint density at radius 2 is 2.25 bits per heavy atom. The predicted octanol–water partition coefficient (Wildman–Crippen LogP) is 2.50. The van der Waals surface area contributed by atoms with Gasteiger partial charge in [0.2, 0.25) is 5.78 Å². The summed E-state index contributed by atoms with van der Waals surface area (Å²) < 4.78 is 9.25. The lowest BCUT2D eigenvalue weighted by atomic mass is 10.2. The lowest BCUT2D eigenvalue weighted by Gasteiger charge is -2.10. The summed E-state index contributed by atoms with van der Waals surface area (Å²) in [5.74, 6) is 1.39. The molecular weight excluding hydrogens is 324 g/mol. The first-order chi connectivity index (χ1) is 11.8. The summed E-state index contributed by atoms with van der Waals surface area (Å²) in [5, 5.41) is 10.0. The molecule has 1 fully saturated rings. The van der Waals surface area contributed by atoms with Crippen LogP contribution in [0.5, 0.6) is 0 Å². The number of benzene rings is 1. The molecule has 7 heteroatoms. The van der Waals surface area contributed by atoms with Crippen molar-refractivity contribution < 1.29 is 4.74 Å². The minimum absolute atomic E-state index is 0.0684. The maximum atomic E-state index is 12.7. The SMILES string of the molecule is C=CCn1c(=O)c2ccccc2n2c(SCC3CCCO3)nnc12. The van der Waals surface area contributed by atoms with Gasteiger partial charge in [-0.2, -0.15) is 0 Å². The summed E-state index contributed by atoms with van der Waals surface area (Å²) >= 11 is 1.62. The van der Waals surface area contributed by atoms with Crippen molar-refractivity contribution in [3.8, 4) is 0 Å². The highest BCUT2D eigenvalue weighted by Gasteiger charge is 2.19. The fraction of sp³-hybridized carbons (Fsp3) is 0.353. The van der Waals surface area contributed by atoms with Gasteiger partial charge >= 0.3 is 0 Å². The highest BCUT2D eigenvalue weighted by atomic mass is 32.2. The molecule has 0 N–H and O–H groups in total. The smallest absolute Gasteiger partial charge is 0.263 e. The molecule has 0 amide bonds. The average molecular weight is 342 g/mol. The van der Waals surface area contributed by atoms with Crippen LogP contribution in [0.2, 0.25) is 0 Å². The van der Waals surface area contributed by atoms with Crippen LogP contribution in [0.3, 0.4) is 0 Å². The molecule has 0 bridgehead atoms. The third kappa shape index (κ3) is 2.53. The first kappa shape index (κ1) is 15.4. The Labute approximate surface area is 143 Å². The summed E-state index contributed by atoms with van der Waals surface area (Å²) in [7, 11) is 0. The van der Waals surface area contributed by atoms with Crippen molar-refractivity contribution in [3.05, 3.63) is 47.3 Å². The summed E-state index contributed by atoms with van der Waals surface area (Å²) in [6, 6.07) is 7.57. The van der Waals surface area contributed by atoms with Crippen molar-refractivity contribution in [1.82, 2.24) is 19.2 Å². The number of para-hydroxylation sites is 1. The minimum Gasteiger partial charge on any atom is -0.377 e. The molecule has 1 atom stereocenters. The predicted molar refractivity (Wildman–Crippen MR) is 94.6 cm³/mol. The van der Waals surface area contributed by atoms with Gasteiger partial charge in [-0.3, -0.25) is 13.8 Å². The molecule has 1 aliphatic heterocycles. The Balaban J connectivity index is 1.86. The Bertz CT molecular complexity index is 956. The van der Waals surface area contributed by atoms with E-state index in [2.05, 4.69) is 16.8 Å². The summed E-state index contributed by atoms with van der Waals surface area (Å²) in [6.07, 6.45) is 4.18. The Hall–Kier alpha value is -2.12. The van der Waals surface area contributed by atoms with Gasteiger partial charge in [-0.25, -0.2) is 0 Å². The molecule has 0 spiro atoms. The second-order valence-electron chi connectivity index (χ2n) is 5.79. The van der Waals surface area contributed by atoms with E-state index in [1.54, 1.807) is 22.4 Å². The van der Waals surface area contributed by atoms with Gasteiger partial charge in [0, 0.05) is 18.9 Å². The second-order valence-corrected chi connectivity index (χ2v) is 6.77. The van der Waals surface area contributed by atoms with Crippen LogP contribution in [0.15, 0.2) is 46.9 Å². The summed E-state index contributed by atoms with van der Waals surface area (Å²) in [6.45, 7) is 4.99. The molecular formula is C17H18N4O2S. The van der Waals surface area contributed by atoms with Crippen molar-refractivity contribution in [2.24, 2.45) is 0 Å². The monoisotopic (exact) mass is 342 g/mol. The lowest BCUT2D eigenvalue weighted by Crippen LogP contribution is -2.22. The third-order valence-corrected chi connectivity index (χ3v) is 5.27. The van der Waals surface area contributed by atoms with Gasteiger partial charge in [0.05, 0.1) is 17.0 Å². The zero-order chi connectivity index (χ0) is 16.5. The highest BCUT2D eigenvalue weighted by molar-refractivity contribution is 7.99. The minimum atomic E-state index is -0.0684. The van der Waals surface area contributed by atoms with Crippen LogP contribution >= 0.6 is 11.8 Å². The van der Waals surface area contributed by atoms with Crippen molar-refractivity contribution in [1.29, 1.82) is 0 Å². The Morgan fingerprint density at radius 1 is 1.38 bits per heavy atom. The van der Waals surface area contributed by atoms with Crippen molar-refractivity contribution >= 4 is 28.4 Å². The molecule has 2 aromatic heterocycles. The van der Waals surface area contributed by atoms with Crippen molar-refractivity contribution in [2.75, 3.05) is 12.4 Å². The zero-order valence-corrected chi connectivity index (χ0v) is 14.0. The van der Waals surface area contributed by atoms with Gasteiger partial charge < -0.3 is 4.74 Å². The van der Waals surface area contributed by atoms with E-state index in [9.17, 15) is 4.79 Å². The van der Waals surface area contributed by atoms with Gasteiger partial charge in [-0.1, -0.05) is 30.0 Å². The van der Waals surface area contributed by atoms with E-state index in [4.69, 9.17) is 4.74 Å². The number of ether oxygens (including phenoxy) is 1. The zero-order valence-electron chi connectivity index (χ0n) is 13.2. The van der Waals surface area contributed by atoms with Crippen LogP contribution < -0.4 is 5.56 Å². The summed E-state index contributed by atoms with van der Waals surface area (Å²) in [4.78, 5) is 12.7. The molecule has 4 rings (SSSR count). The highest BCUT2D eigenvalue weighted by Crippen LogP contribution is 2.25. The molecule has 0 saturated carbocycles. The van der Waals surface area contributed by atoms with Gasteiger partial charge in [-0.15, -0.1) is 16.8 Å². The molecule has 3 aromatic rings. The normalized spacial score (nSPS) is 17.8. The molecule has 124 valence electrons.